The molecule has 1 aromatic heterocycles. The van der Waals surface area contributed by atoms with Crippen molar-refractivity contribution in [1.82, 2.24) is 9.55 Å². The minimum absolute atomic E-state index is 0.142. The van der Waals surface area contributed by atoms with Crippen LogP contribution in [0, 0.1) is 0 Å². The van der Waals surface area contributed by atoms with Crippen LogP contribution >= 0.6 is 0 Å². The summed E-state index contributed by atoms with van der Waals surface area (Å²) in [6.07, 6.45) is 5.11. The molecule has 0 spiro atoms. The third-order valence-corrected chi connectivity index (χ3v) is 3.76. The van der Waals surface area contributed by atoms with Crippen molar-refractivity contribution in [2.24, 2.45) is 0 Å². The van der Waals surface area contributed by atoms with Crippen LogP contribution in [0.5, 0.6) is 5.75 Å². The molecule has 4 heteroatoms. The van der Waals surface area contributed by atoms with E-state index in [1.54, 1.807) is 0 Å². The van der Waals surface area contributed by atoms with Crippen LogP contribution in [0.2, 0.25) is 0 Å². The lowest BCUT2D eigenvalue weighted by Crippen LogP contribution is -2.08. The van der Waals surface area contributed by atoms with E-state index in [0.29, 0.717) is 12.0 Å². The number of nitrogens with two attached hydrogens (primary N) is 1. The van der Waals surface area contributed by atoms with Crippen molar-refractivity contribution in [1.29, 1.82) is 0 Å². The van der Waals surface area contributed by atoms with Gasteiger partial charge in [0.2, 0.25) is 5.95 Å². The molecule has 2 aromatic rings. The summed E-state index contributed by atoms with van der Waals surface area (Å²) in [5.41, 5.74) is 8.12. The highest BCUT2D eigenvalue weighted by atomic mass is 16.5. The highest BCUT2D eigenvalue weighted by Crippen LogP contribution is 2.36. The van der Waals surface area contributed by atoms with Gasteiger partial charge in [0.05, 0.1) is 11.6 Å². The first-order valence-corrected chi connectivity index (χ1v) is 7.10. The maximum absolute atomic E-state index is 6.13. The molecule has 1 aliphatic rings. The fourth-order valence-corrected chi connectivity index (χ4v) is 3.00. The number of fused-ring (bicyclic) bond motifs is 1. The minimum atomic E-state index is 0.142. The summed E-state index contributed by atoms with van der Waals surface area (Å²) in [6, 6.07) is 6.57. The van der Waals surface area contributed by atoms with E-state index in [2.05, 4.69) is 15.6 Å². The summed E-state index contributed by atoms with van der Waals surface area (Å²) < 4.78 is 8.02. The van der Waals surface area contributed by atoms with Crippen LogP contribution in [0.25, 0.3) is 11.0 Å². The molecule has 0 amide bonds. The molecule has 3 rings (SSSR count). The number of anilines is 1. The van der Waals surface area contributed by atoms with Gasteiger partial charge >= 0.3 is 0 Å². The van der Waals surface area contributed by atoms with Crippen molar-refractivity contribution in [2.45, 2.75) is 51.7 Å². The summed E-state index contributed by atoms with van der Waals surface area (Å²) in [5.74, 6) is 1.44. The van der Waals surface area contributed by atoms with Crippen LogP contribution in [0.15, 0.2) is 18.2 Å². The van der Waals surface area contributed by atoms with E-state index in [1.165, 1.54) is 25.7 Å². The van der Waals surface area contributed by atoms with Crippen LogP contribution in [-0.4, -0.2) is 15.7 Å². The van der Waals surface area contributed by atoms with Crippen LogP contribution in [0.4, 0.5) is 5.95 Å². The van der Waals surface area contributed by atoms with E-state index in [1.807, 2.05) is 26.0 Å². The van der Waals surface area contributed by atoms with Gasteiger partial charge in [-0.05, 0) is 38.8 Å². The fourth-order valence-electron chi connectivity index (χ4n) is 3.00. The summed E-state index contributed by atoms with van der Waals surface area (Å²) in [6.45, 7) is 4.05. The Morgan fingerprint density at radius 1 is 1.32 bits per heavy atom. The second-order valence-electron chi connectivity index (χ2n) is 5.57. The lowest BCUT2D eigenvalue weighted by molar-refractivity contribution is 0.245. The maximum atomic E-state index is 6.13. The minimum Gasteiger partial charge on any atom is -0.489 e. The molecule has 19 heavy (non-hydrogen) atoms. The normalized spacial score (nSPS) is 16.6. The topological polar surface area (TPSA) is 53.1 Å². The Kier molecular flexibility index (Phi) is 3.09. The first-order valence-electron chi connectivity index (χ1n) is 7.10. The molecule has 0 atom stereocenters. The number of imidazole rings is 1. The molecular formula is C15H21N3O. The standard InChI is InChI=1S/C15H21N3O/c1-10(2)19-13-9-5-8-12-14(13)17-15(16)18(12)11-6-3-4-7-11/h5,8-11H,3-4,6-7H2,1-2H3,(H2,16,17). The summed E-state index contributed by atoms with van der Waals surface area (Å²) >= 11 is 0. The zero-order valence-electron chi connectivity index (χ0n) is 11.6. The molecule has 1 saturated carbocycles. The molecule has 0 aliphatic heterocycles. The van der Waals surface area contributed by atoms with Crippen molar-refractivity contribution in [3.05, 3.63) is 18.2 Å². The van der Waals surface area contributed by atoms with Gasteiger partial charge in [0.25, 0.3) is 0 Å². The molecule has 1 fully saturated rings. The quantitative estimate of drug-likeness (QED) is 0.917. The van der Waals surface area contributed by atoms with Gasteiger partial charge in [-0.1, -0.05) is 18.9 Å². The van der Waals surface area contributed by atoms with E-state index < -0.39 is 0 Å². The average molecular weight is 259 g/mol. The summed E-state index contributed by atoms with van der Waals surface area (Å²) in [5, 5.41) is 0. The number of aromatic nitrogens is 2. The Morgan fingerprint density at radius 3 is 2.74 bits per heavy atom. The third-order valence-electron chi connectivity index (χ3n) is 3.76. The molecule has 102 valence electrons. The number of hydrogen-bond acceptors (Lipinski definition) is 3. The first kappa shape index (κ1) is 12.3. The Hall–Kier alpha value is -1.71. The van der Waals surface area contributed by atoms with E-state index in [-0.39, 0.29) is 6.10 Å². The smallest absolute Gasteiger partial charge is 0.201 e. The van der Waals surface area contributed by atoms with Crippen molar-refractivity contribution in [2.75, 3.05) is 5.73 Å². The van der Waals surface area contributed by atoms with E-state index >= 15 is 0 Å². The predicted octanol–water partition coefficient (Wildman–Crippen LogP) is 3.52. The Bertz CT molecular complexity index is 582. The molecule has 0 saturated heterocycles. The average Bonchev–Trinajstić information content (AvgIpc) is 2.95. The Labute approximate surface area is 113 Å². The fraction of sp³-hybridized carbons (Fsp3) is 0.533. The monoisotopic (exact) mass is 259 g/mol. The number of rotatable bonds is 3. The first-order chi connectivity index (χ1) is 9.16. The van der Waals surface area contributed by atoms with Gasteiger partial charge in [-0.25, -0.2) is 4.98 Å². The van der Waals surface area contributed by atoms with Crippen LogP contribution < -0.4 is 10.5 Å². The number of nitrogen functional groups attached to an aromatic ring is 1. The van der Waals surface area contributed by atoms with Gasteiger partial charge in [0.15, 0.2) is 0 Å². The number of para-hydroxylation sites is 1. The van der Waals surface area contributed by atoms with Crippen LogP contribution in [0.3, 0.4) is 0 Å². The summed E-state index contributed by atoms with van der Waals surface area (Å²) in [4.78, 5) is 4.53. The zero-order chi connectivity index (χ0) is 13.4. The van der Waals surface area contributed by atoms with Crippen molar-refractivity contribution < 1.29 is 4.74 Å². The predicted molar refractivity (Wildman–Crippen MR) is 77.4 cm³/mol. The highest BCUT2D eigenvalue weighted by molar-refractivity contribution is 5.84. The van der Waals surface area contributed by atoms with E-state index in [4.69, 9.17) is 10.5 Å². The number of benzene rings is 1. The molecule has 2 N–H and O–H groups in total. The molecule has 1 heterocycles. The highest BCUT2D eigenvalue weighted by Gasteiger charge is 2.22. The van der Waals surface area contributed by atoms with Crippen LogP contribution in [0.1, 0.15) is 45.6 Å². The molecular weight excluding hydrogens is 238 g/mol. The zero-order valence-corrected chi connectivity index (χ0v) is 11.6. The molecule has 1 aromatic carbocycles. The van der Waals surface area contributed by atoms with Gasteiger partial charge in [0, 0.05) is 6.04 Å². The number of ether oxygens (including phenoxy) is 1. The van der Waals surface area contributed by atoms with Gasteiger partial charge in [-0.15, -0.1) is 0 Å². The Morgan fingerprint density at radius 2 is 2.05 bits per heavy atom. The molecule has 4 nitrogen and oxygen atoms in total. The summed E-state index contributed by atoms with van der Waals surface area (Å²) in [7, 11) is 0. The molecule has 0 bridgehead atoms. The molecule has 1 aliphatic carbocycles. The van der Waals surface area contributed by atoms with Gasteiger partial charge < -0.3 is 15.0 Å². The SMILES string of the molecule is CC(C)Oc1cccc2c1nc(N)n2C1CCCC1. The molecule has 0 radical (unpaired) electrons. The second kappa shape index (κ2) is 4.76. The lowest BCUT2D eigenvalue weighted by Gasteiger charge is -2.14. The van der Waals surface area contributed by atoms with Gasteiger partial charge in [0.1, 0.15) is 11.3 Å². The second-order valence-corrected chi connectivity index (χ2v) is 5.57. The maximum Gasteiger partial charge on any atom is 0.201 e. The van der Waals surface area contributed by atoms with E-state index in [9.17, 15) is 0 Å². The van der Waals surface area contributed by atoms with Gasteiger partial charge in [-0.3, -0.25) is 0 Å². The lowest BCUT2D eigenvalue weighted by atomic mass is 10.2. The van der Waals surface area contributed by atoms with Crippen molar-refractivity contribution >= 4 is 17.0 Å². The van der Waals surface area contributed by atoms with Gasteiger partial charge in [-0.2, -0.15) is 0 Å². The Balaban J connectivity index is 2.11. The largest absolute Gasteiger partial charge is 0.489 e. The van der Waals surface area contributed by atoms with E-state index in [0.717, 1.165) is 16.8 Å². The third kappa shape index (κ3) is 2.15. The van der Waals surface area contributed by atoms with Crippen molar-refractivity contribution in [3.63, 3.8) is 0 Å². The van der Waals surface area contributed by atoms with Crippen molar-refractivity contribution in [3.8, 4) is 5.75 Å². The number of hydrogen-bond donors (Lipinski definition) is 1. The van der Waals surface area contributed by atoms with Crippen LogP contribution in [-0.2, 0) is 0 Å². The molecule has 0 unspecified atom stereocenters. The number of nitrogens with zero attached hydrogens (tertiary/aromatic N) is 2.